The predicted molar refractivity (Wildman–Crippen MR) is 89.6 cm³/mol. The van der Waals surface area contributed by atoms with Crippen molar-refractivity contribution in [1.29, 1.82) is 0 Å². The van der Waals surface area contributed by atoms with E-state index in [0.29, 0.717) is 22.2 Å². The summed E-state index contributed by atoms with van der Waals surface area (Å²) >= 11 is 5.96. The van der Waals surface area contributed by atoms with Gasteiger partial charge in [0.2, 0.25) is 0 Å². The fourth-order valence-electron chi connectivity index (χ4n) is 1.89. The highest BCUT2D eigenvalue weighted by Gasteiger charge is 2.10. The molecule has 0 aliphatic heterocycles. The second kappa shape index (κ2) is 7.75. The van der Waals surface area contributed by atoms with Crippen molar-refractivity contribution < 1.29 is 4.79 Å². The van der Waals surface area contributed by atoms with E-state index < -0.39 is 0 Å². The Hall–Kier alpha value is -2.14. The predicted octanol–water partition coefficient (Wildman–Crippen LogP) is 3.90. The summed E-state index contributed by atoms with van der Waals surface area (Å²) in [5.41, 5.74) is 1.93. The third-order valence-electron chi connectivity index (χ3n) is 3.18. The maximum Gasteiger partial charge on any atom is 0.274 e. The van der Waals surface area contributed by atoms with Crippen molar-refractivity contribution >= 4 is 29.0 Å². The zero-order valence-electron chi connectivity index (χ0n) is 12.7. The summed E-state index contributed by atoms with van der Waals surface area (Å²) in [4.78, 5) is 20.4. The van der Waals surface area contributed by atoms with Crippen molar-refractivity contribution in [1.82, 2.24) is 9.97 Å². The number of amides is 1. The normalized spacial score (nSPS) is 10.3. The molecule has 0 aliphatic rings. The molecule has 0 spiro atoms. The third kappa shape index (κ3) is 4.43. The smallest absolute Gasteiger partial charge is 0.274 e. The summed E-state index contributed by atoms with van der Waals surface area (Å²) in [5, 5.41) is 6.57. The molecule has 0 aliphatic carbocycles. The summed E-state index contributed by atoms with van der Waals surface area (Å²) < 4.78 is 0. The summed E-state index contributed by atoms with van der Waals surface area (Å²) in [5.74, 6) is 0.364. The molecular formula is C16H19ClN4O. The molecule has 5 nitrogen and oxygen atoms in total. The van der Waals surface area contributed by atoms with E-state index in [2.05, 4.69) is 27.5 Å². The minimum absolute atomic E-state index is 0.286. The van der Waals surface area contributed by atoms with Gasteiger partial charge in [0.25, 0.3) is 5.91 Å². The Morgan fingerprint density at radius 3 is 2.86 bits per heavy atom. The number of benzene rings is 1. The van der Waals surface area contributed by atoms with Gasteiger partial charge in [0, 0.05) is 23.3 Å². The van der Waals surface area contributed by atoms with Gasteiger partial charge in [0.1, 0.15) is 17.8 Å². The average Bonchev–Trinajstić information content (AvgIpc) is 2.51. The first-order valence-corrected chi connectivity index (χ1v) is 7.61. The number of rotatable bonds is 6. The van der Waals surface area contributed by atoms with Gasteiger partial charge in [-0.25, -0.2) is 9.97 Å². The molecule has 1 heterocycles. The first kappa shape index (κ1) is 16.2. The van der Waals surface area contributed by atoms with Crippen LogP contribution < -0.4 is 10.6 Å². The van der Waals surface area contributed by atoms with Gasteiger partial charge in [0.15, 0.2) is 0 Å². The van der Waals surface area contributed by atoms with Gasteiger partial charge >= 0.3 is 0 Å². The molecule has 22 heavy (non-hydrogen) atoms. The lowest BCUT2D eigenvalue weighted by molar-refractivity contribution is 0.102. The number of carbonyl (C=O) groups is 1. The Morgan fingerprint density at radius 2 is 2.09 bits per heavy atom. The number of carbonyl (C=O) groups excluding carboxylic acids is 1. The molecular weight excluding hydrogens is 300 g/mol. The minimum Gasteiger partial charge on any atom is -0.370 e. The second-order valence-electron chi connectivity index (χ2n) is 4.98. The zero-order valence-corrected chi connectivity index (χ0v) is 13.4. The van der Waals surface area contributed by atoms with E-state index in [9.17, 15) is 4.79 Å². The number of anilines is 2. The molecule has 0 unspecified atom stereocenters. The molecule has 2 aromatic rings. The van der Waals surface area contributed by atoms with E-state index in [1.165, 1.54) is 6.33 Å². The van der Waals surface area contributed by atoms with Gasteiger partial charge in [0.05, 0.1) is 0 Å². The molecule has 116 valence electrons. The van der Waals surface area contributed by atoms with Gasteiger partial charge in [-0.2, -0.15) is 0 Å². The van der Waals surface area contributed by atoms with Crippen molar-refractivity contribution in [3.05, 3.63) is 46.9 Å². The molecule has 0 saturated carbocycles. The molecule has 0 atom stereocenters. The zero-order chi connectivity index (χ0) is 15.9. The van der Waals surface area contributed by atoms with E-state index in [0.717, 1.165) is 24.9 Å². The van der Waals surface area contributed by atoms with Crippen molar-refractivity contribution in [2.75, 3.05) is 17.2 Å². The quantitative estimate of drug-likeness (QED) is 0.793. The number of unbranched alkanes of at least 4 members (excludes halogenated alkanes) is 1. The van der Waals surface area contributed by atoms with Crippen LogP contribution in [0.2, 0.25) is 5.02 Å². The lowest BCUT2D eigenvalue weighted by atomic mass is 10.2. The Kier molecular flexibility index (Phi) is 5.72. The van der Waals surface area contributed by atoms with Gasteiger partial charge in [-0.15, -0.1) is 0 Å². The van der Waals surface area contributed by atoms with Gasteiger partial charge in [-0.05, 0) is 31.0 Å². The molecule has 0 bridgehead atoms. The summed E-state index contributed by atoms with van der Waals surface area (Å²) in [7, 11) is 0. The van der Waals surface area contributed by atoms with Crippen molar-refractivity contribution in [2.24, 2.45) is 0 Å². The van der Waals surface area contributed by atoms with Gasteiger partial charge in [-0.1, -0.05) is 31.0 Å². The molecule has 6 heteroatoms. The number of hydrogen-bond acceptors (Lipinski definition) is 4. The lowest BCUT2D eigenvalue weighted by Crippen LogP contribution is -2.15. The fourth-order valence-corrected chi connectivity index (χ4v) is 2.06. The Balaban J connectivity index is 2.09. The van der Waals surface area contributed by atoms with Crippen LogP contribution in [0.3, 0.4) is 0 Å². The van der Waals surface area contributed by atoms with Gasteiger partial charge < -0.3 is 10.6 Å². The maximum absolute atomic E-state index is 12.3. The summed E-state index contributed by atoms with van der Waals surface area (Å²) in [6.45, 7) is 4.85. The Labute approximate surface area is 135 Å². The Morgan fingerprint density at radius 1 is 1.27 bits per heavy atom. The van der Waals surface area contributed by atoms with E-state index in [4.69, 9.17) is 11.6 Å². The third-order valence-corrected chi connectivity index (χ3v) is 3.42. The highest BCUT2D eigenvalue weighted by Crippen LogP contribution is 2.20. The van der Waals surface area contributed by atoms with Gasteiger partial charge in [-0.3, -0.25) is 4.79 Å². The second-order valence-corrected chi connectivity index (χ2v) is 5.42. The molecule has 1 aromatic heterocycles. The van der Waals surface area contributed by atoms with E-state index in [1.54, 1.807) is 18.2 Å². The van der Waals surface area contributed by atoms with Crippen LogP contribution in [0.5, 0.6) is 0 Å². The Bertz CT molecular complexity index is 660. The minimum atomic E-state index is -0.286. The van der Waals surface area contributed by atoms with E-state index in [-0.39, 0.29) is 5.91 Å². The first-order valence-electron chi connectivity index (χ1n) is 7.23. The first-order chi connectivity index (χ1) is 10.6. The number of nitrogens with one attached hydrogen (secondary N) is 2. The SMILES string of the molecule is CCCCNc1cc(C(=O)Nc2cc(Cl)ccc2C)ncn1. The summed E-state index contributed by atoms with van der Waals surface area (Å²) in [6.07, 6.45) is 3.53. The van der Waals surface area contributed by atoms with E-state index in [1.807, 2.05) is 13.0 Å². The van der Waals surface area contributed by atoms with Crippen molar-refractivity contribution in [3.8, 4) is 0 Å². The van der Waals surface area contributed by atoms with Crippen LogP contribution in [0.15, 0.2) is 30.6 Å². The number of aromatic nitrogens is 2. The van der Waals surface area contributed by atoms with Crippen LogP contribution in [-0.4, -0.2) is 22.4 Å². The molecule has 0 radical (unpaired) electrons. The lowest BCUT2D eigenvalue weighted by Gasteiger charge is -2.09. The van der Waals surface area contributed by atoms with Crippen LogP contribution in [0.1, 0.15) is 35.8 Å². The van der Waals surface area contributed by atoms with Crippen LogP contribution in [0.25, 0.3) is 0 Å². The number of aryl methyl sites for hydroxylation is 1. The largest absolute Gasteiger partial charge is 0.370 e. The van der Waals surface area contributed by atoms with Crippen LogP contribution >= 0.6 is 11.6 Å². The number of nitrogens with zero attached hydrogens (tertiary/aromatic N) is 2. The standard InChI is InChI=1S/C16H19ClN4O/c1-3-4-7-18-15-9-14(19-10-20-15)16(22)21-13-8-12(17)6-5-11(13)2/h5-6,8-10H,3-4,7H2,1-2H3,(H,21,22)(H,18,19,20). The number of halogens is 1. The highest BCUT2D eigenvalue weighted by molar-refractivity contribution is 6.31. The number of hydrogen-bond donors (Lipinski definition) is 2. The molecule has 2 N–H and O–H groups in total. The van der Waals surface area contributed by atoms with Crippen LogP contribution in [0.4, 0.5) is 11.5 Å². The summed E-state index contributed by atoms with van der Waals surface area (Å²) in [6, 6.07) is 7.00. The maximum atomic E-state index is 12.3. The molecule has 0 saturated heterocycles. The molecule has 1 aromatic carbocycles. The highest BCUT2D eigenvalue weighted by atomic mass is 35.5. The average molecular weight is 319 g/mol. The topological polar surface area (TPSA) is 66.9 Å². The van der Waals surface area contributed by atoms with E-state index >= 15 is 0 Å². The molecule has 0 fully saturated rings. The fraction of sp³-hybridized carbons (Fsp3) is 0.312. The van der Waals surface area contributed by atoms with Crippen LogP contribution in [-0.2, 0) is 0 Å². The van der Waals surface area contributed by atoms with Crippen molar-refractivity contribution in [2.45, 2.75) is 26.7 Å². The molecule has 2 rings (SSSR count). The van der Waals surface area contributed by atoms with Crippen LogP contribution in [0, 0.1) is 6.92 Å². The molecule has 1 amide bonds. The van der Waals surface area contributed by atoms with Crippen molar-refractivity contribution in [3.63, 3.8) is 0 Å². The monoisotopic (exact) mass is 318 g/mol.